The van der Waals surface area contributed by atoms with Gasteiger partial charge in [-0.25, -0.2) is 9.59 Å². The Morgan fingerprint density at radius 1 is 0.956 bits per heavy atom. The van der Waals surface area contributed by atoms with Gasteiger partial charge in [-0.2, -0.15) is 18.4 Å². The number of aromatic nitrogens is 4. The Balaban J connectivity index is 0.000000515. The monoisotopic (exact) mass is 612 g/mol. The highest BCUT2D eigenvalue weighted by Crippen LogP contribution is 2.31. The number of benzene rings is 3. The lowest BCUT2D eigenvalue weighted by atomic mass is 9.86. The first-order valence-corrected chi connectivity index (χ1v) is 13.7. The van der Waals surface area contributed by atoms with Crippen LogP contribution in [0, 0.1) is 11.3 Å². The van der Waals surface area contributed by atoms with E-state index < -0.39 is 17.6 Å². The van der Waals surface area contributed by atoms with Crippen LogP contribution in [0.3, 0.4) is 0 Å². The van der Waals surface area contributed by atoms with E-state index in [0.717, 1.165) is 60.8 Å². The highest BCUT2D eigenvalue weighted by Gasteiger charge is 2.38. The number of nitriles is 1. The standard InChI is InChI=1S/C31H26N6O.C2HF3O2/c1-31(2,18-33)23-6-8-24(9-7-23)37-29-25-14-20(5-11-27(25)35-17-28(29)36(3)30(37)38)22-13-21-12-19(15-32)4-10-26(21)34-16-22;3-2(4,5)1(6)7/h4-14,16-17H,15,32H2,1-3H3;(H,6,7). The second-order valence-corrected chi connectivity index (χ2v) is 10.9. The molecule has 0 aliphatic heterocycles. The average molecular weight is 613 g/mol. The Morgan fingerprint density at radius 3 is 2.22 bits per heavy atom. The van der Waals surface area contributed by atoms with Gasteiger partial charge in [0.05, 0.1) is 45.4 Å². The fraction of sp³-hybridized carbons (Fsp3) is 0.182. The predicted molar refractivity (Wildman–Crippen MR) is 165 cm³/mol. The molecule has 6 rings (SSSR count). The zero-order valence-electron chi connectivity index (χ0n) is 24.4. The topological polar surface area (TPSA) is 140 Å². The SMILES string of the molecule is Cn1c(=O)n(-c2ccc(C(C)(C)C#N)cc2)c2c3cc(-c4cnc5ccc(CN)cc5c4)ccc3ncc21.O=C(O)C(F)(F)F. The minimum atomic E-state index is -5.08. The molecule has 3 heterocycles. The Bertz CT molecular complexity index is 2190. The van der Waals surface area contributed by atoms with Crippen molar-refractivity contribution in [3.8, 4) is 22.9 Å². The van der Waals surface area contributed by atoms with E-state index in [1.54, 1.807) is 22.4 Å². The van der Waals surface area contributed by atoms with Crippen LogP contribution in [0.4, 0.5) is 13.2 Å². The number of carbonyl (C=O) groups is 1. The molecule has 0 radical (unpaired) electrons. The van der Waals surface area contributed by atoms with E-state index in [1.165, 1.54) is 0 Å². The first-order chi connectivity index (χ1) is 21.2. The summed E-state index contributed by atoms with van der Waals surface area (Å²) in [7, 11) is 1.76. The maximum absolute atomic E-state index is 13.5. The number of fused-ring (bicyclic) bond motifs is 4. The van der Waals surface area contributed by atoms with E-state index in [-0.39, 0.29) is 5.69 Å². The molecule has 0 saturated heterocycles. The average Bonchev–Trinajstić information content (AvgIpc) is 3.29. The van der Waals surface area contributed by atoms with Crippen LogP contribution in [0.25, 0.3) is 49.7 Å². The van der Waals surface area contributed by atoms with Crippen LogP contribution in [0.5, 0.6) is 0 Å². The number of alkyl halides is 3. The van der Waals surface area contributed by atoms with Crippen LogP contribution in [-0.2, 0) is 23.8 Å². The molecule has 0 atom stereocenters. The second-order valence-electron chi connectivity index (χ2n) is 10.9. The third-order valence-electron chi connectivity index (χ3n) is 7.57. The van der Waals surface area contributed by atoms with E-state index in [0.29, 0.717) is 6.54 Å². The Labute approximate surface area is 254 Å². The molecule has 3 aromatic heterocycles. The summed E-state index contributed by atoms with van der Waals surface area (Å²) in [5.74, 6) is -2.76. The van der Waals surface area contributed by atoms with Gasteiger partial charge in [-0.3, -0.25) is 19.1 Å². The smallest absolute Gasteiger partial charge is 0.475 e. The number of rotatable bonds is 4. The molecule has 0 amide bonds. The molecule has 0 fully saturated rings. The molecular formula is C33H27F3N6O3. The molecule has 0 aliphatic rings. The Kier molecular flexibility index (Phi) is 7.91. The van der Waals surface area contributed by atoms with Crippen LogP contribution >= 0.6 is 0 Å². The minimum Gasteiger partial charge on any atom is -0.475 e. The third kappa shape index (κ3) is 5.85. The summed E-state index contributed by atoms with van der Waals surface area (Å²) in [4.78, 5) is 31.7. The fourth-order valence-electron chi connectivity index (χ4n) is 4.97. The van der Waals surface area contributed by atoms with Gasteiger partial charge in [-0.1, -0.05) is 24.3 Å². The van der Waals surface area contributed by atoms with Crippen molar-refractivity contribution in [2.75, 3.05) is 0 Å². The molecule has 3 aromatic carbocycles. The van der Waals surface area contributed by atoms with E-state index in [2.05, 4.69) is 34.2 Å². The van der Waals surface area contributed by atoms with E-state index in [4.69, 9.17) is 15.6 Å². The first-order valence-electron chi connectivity index (χ1n) is 13.7. The fourth-order valence-corrected chi connectivity index (χ4v) is 4.97. The predicted octanol–water partition coefficient (Wildman–Crippen LogP) is 5.99. The van der Waals surface area contributed by atoms with Crippen molar-refractivity contribution < 1.29 is 23.1 Å². The first kappa shape index (κ1) is 30.9. The minimum absolute atomic E-state index is 0.159. The summed E-state index contributed by atoms with van der Waals surface area (Å²) >= 11 is 0. The Hall–Kier alpha value is -5.54. The van der Waals surface area contributed by atoms with Gasteiger partial charge in [0.15, 0.2) is 0 Å². The van der Waals surface area contributed by atoms with Gasteiger partial charge in [0.1, 0.15) is 0 Å². The van der Waals surface area contributed by atoms with E-state index in [1.807, 2.05) is 68.6 Å². The quantitative estimate of drug-likeness (QED) is 0.249. The van der Waals surface area contributed by atoms with Crippen molar-refractivity contribution in [1.29, 1.82) is 5.26 Å². The van der Waals surface area contributed by atoms with Crippen LogP contribution < -0.4 is 11.4 Å². The molecule has 12 heteroatoms. The van der Waals surface area contributed by atoms with E-state index in [9.17, 15) is 23.2 Å². The third-order valence-corrected chi connectivity index (χ3v) is 7.57. The number of aryl methyl sites for hydroxylation is 1. The van der Waals surface area contributed by atoms with E-state index >= 15 is 0 Å². The number of imidazole rings is 1. The number of nitrogens with two attached hydrogens (primary N) is 1. The Morgan fingerprint density at radius 2 is 1.60 bits per heavy atom. The van der Waals surface area contributed by atoms with Gasteiger partial charge in [-0.15, -0.1) is 0 Å². The highest BCUT2D eigenvalue weighted by atomic mass is 19.4. The number of hydrogen-bond acceptors (Lipinski definition) is 6. The maximum Gasteiger partial charge on any atom is 0.490 e. The molecule has 0 bridgehead atoms. The number of carboxylic acid groups (broad SMARTS) is 1. The molecule has 228 valence electrons. The number of hydrogen-bond donors (Lipinski definition) is 2. The lowest BCUT2D eigenvalue weighted by molar-refractivity contribution is -0.192. The number of nitrogens with zero attached hydrogens (tertiary/aromatic N) is 5. The van der Waals surface area contributed by atoms with Gasteiger partial charge in [-0.05, 0) is 73.0 Å². The van der Waals surface area contributed by atoms with Gasteiger partial charge in [0.2, 0.25) is 0 Å². The summed E-state index contributed by atoms with van der Waals surface area (Å²) in [6, 6.07) is 24.2. The van der Waals surface area contributed by atoms with Crippen LogP contribution in [-0.4, -0.2) is 36.4 Å². The maximum atomic E-state index is 13.5. The zero-order valence-corrected chi connectivity index (χ0v) is 24.4. The molecule has 45 heavy (non-hydrogen) atoms. The summed E-state index contributed by atoms with van der Waals surface area (Å²) < 4.78 is 35.1. The molecule has 3 N–H and O–H groups in total. The molecule has 0 saturated carbocycles. The van der Waals surface area contributed by atoms with Crippen molar-refractivity contribution in [1.82, 2.24) is 19.1 Å². The normalized spacial score (nSPS) is 11.8. The zero-order chi connectivity index (χ0) is 32.7. The molecular weight excluding hydrogens is 585 g/mol. The number of halogens is 3. The van der Waals surface area contributed by atoms with Crippen molar-refractivity contribution in [2.45, 2.75) is 32.0 Å². The summed E-state index contributed by atoms with van der Waals surface area (Å²) in [5.41, 5.74) is 12.9. The van der Waals surface area contributed by atoms with Gasteiger partial charge in [0.25, 0.3) is 0 Å². The van der Waals surface area contributed by atoms with Gasteiger partial charge in [0, 0.05) is 36.1 Å². The molecule has 0 aliphatic carbocycles. The van der Waals surface area contributed by atoms with Gasteiger partial charge < -0.3 is 10.8 Å². The lowest BCUT2D eigenvalue weighted by Crippen LogP contribution is -2.21. The van der Waals surface area contributed by atoms with Crippen molar-refractivity contribution in [3.63, 3.8) is 0 Å². The summed E-state index contributed by atoms with van der Waals surface area (Å²) in [5, 5.41) is 18.5. The molecule has 0 unspecified atom stereocenters. The lowest BCUT2D eigenvalue weighted by Gasteiger charge is -2.16. The highest BCUT2D eigenvalue weighted by molar-refractivity contribution is 6.05. The van der Waals surface area contributed by atoms with Crippen molar-refractivity contribution in [3.05, 3.63) is 101 Å². The van der Waals surface area contributed by atoms with Gasteiger partial charge >= 0.3 is 17.8 Å². The second kappa shape index (κ2) is 11.5. The van der Waals surface area contributed by atoms with Crippen LogP contribution in [0.1, 0.15) is 25.0 Å². The van der Waals surface area contributed by atoms with Crippen molar-refractivity contribution in [2.24, 2.45) is 12.8 Å². The van der Waals surface area contributed by atoms with Crippen molar-refractivity contribution >= 4 is 38.8 Å². The molecule has 0 spiro atoms. The summed E-state index contributed by atoms with van der Waals surface area (Å²) in [6.45, 7) is 4.23. The largest absolute Gasteiger partial charge is 0.490 e. The number of pyridine rings is 2. The van der Waals surface area contributed by atoms with Crippen LogP contribution in [0.2, 0.25) is 0 Å². The number of carboxylic acids is 1. The summed E-state index contributed by atoms with van der Waals surface area (Å²) in [6.07, 6.45) is -1.47. The van der Waals surface area contributed by atoms with Crippen LogP contribution in [0.15, 0.2) is 83.9 Å². The molecule has 9 nitrogen and oxygen atoms in total. The molecule has 6 aromatic rings. The number of aliphatic carboxylic acids is 1.